The number of hydrogen-bond donors (Lipinski definition) is 3. The van der Waals surface area contributed by atoms with E-state index in [1.165, 1.54) is 218 Å². The third kappa shape index (κ3) is 67.2. The van der Waals surface area contributed by atoms with Crippen molar-refractivity contribution in [2.45, 2.75) is 341 Å². The zero-order valence-corrected chi connectivity index (χ0v) is 53.5. The summed E-state index contributed by atoms with van der Waals surface area (Å²) in [4.78, 5) is 12.5. The molecule has 0 aliphatic rings. The van der Waals surface area contributed by atoms with Gasteiger partial charge in [0.1, 0.15) is 0 Å². The van der Waals surface area contributed by atoms with Gasteiger partial charge in [-0.2, -0.15) is 0 Å². The van der Waals surface area contributed by atoms with E-state index in [4.69, 9.17) is 0 Å². The maximum absolute atomic E-state index is 12.5. The van der Waals surface area contributed by atoms with E-state index in [2.05, 4.69) is 141 Å². The molecule has 0 aliphatic heterocycles. The number of carbonyl (C=O) groups is 1. The molecule has 3 N–H and O–H groups in total. The Morgan fingerprint density at radius 1 is 0.309 bits per heavy atom. The highest BCUT2D eigenvalue weighted by Crippen LogP contribution is 2.17. The fourth-order valence-electron chi connectivity index (χ4n) is 10.2. The summed E-state index contributed by atoms with van der Waals surface area (Å²) in [5.74, 6) is -0.0700. The van der Waals surface area contributed by atoms with Gasteiger partial charge in [-0.3, -0.25) is 4.79 Å². The van der Waals surface area contributed by atoms with Gasteiger partial charge in [0.2, 0.25) is 5.91 Å². The van der Waals surface area contributed by atoms with Crippen LogP contribution >= 0.6 is 0 Å². The van der Waals surface area contributed by atoms with E-state index in [-0.39, 0.29) is 12.5 Å². The maximum atomic E-state index is 12.5. The molecule has 0 saturated carbocycles. The quantitative estimate of drug-likeness (QED) is 0.0420. The van der Waals surface area contributed by atoms with E-state index in [1.807, 2.05) is 6.08 Å². The number of hydrogen-bond acceptors (Lipinski definition) is 3. The first-order valence-corrected chi connectivity index (χ1v) is 34.9. The third-order valence-electron chi connectivity index (χ3n) is 15.4. The second-order valence-electron chi connectivity index (χ2n) is 23.2. The predicted octanol–water partition coefficient (Wildman–Crippen LogP) is 24.1. The molecule has 1 amide bonds. The van der Waals surface area contributed by atoms with Gasteiger partial charge in [-0.1, -0.05) is 359 Å². The van der Waals surface area contributed by atoms with E-state index in [0.717, 1.165) is 89.9 Å². The van der Waals surface area contributed by atoms with Gasteiger partial charge in [0.25, 0.3) is 0 Å². The number of nitrogens with one attached hydrogen (secondary N) is 1. The van der Waals surface area contributed by atoms with Gasteiger partial charge in [-0.15, -0.1) is 0 Å². The molecule has 0 radical (unpaired) electrons. The van der Waals surface area contributed by atoms with Crippen molar-refractivity contribution < 1.29 is 15.0 Å². The fraction of sp³-hybridized carbons (Fsp3) is 0.701. The molecule has 464 valence electrons. The van der Waals surface area contributed by atoms with Crippen LogP contribution in [0, 0.1) is 0 Å². The van der Waals surface area contributed by atoms with Gasteiger partial charge in [0, 0.05) is 6.42 Å². The van der Waals surface area contributed by atoms with Crippen LogP contribution < -0.4 is 5.32 Å². The van der Waals surface area contributed by atoms with Gasteiger partial charge >= 0.3 is 0 Å². The lowest BCUT2D eigenvalue weighted by Gasteiger charge is -2.20. The Kier molecular flexibility index (Phi) is 67.8. The number of aliphatic hydroxyl groups is 2. The van der Waals surface area contributed by atoms with Crippen LogP contribution in [0.3, 0.4) is 0 Å². The highest BCUT2D eigenvalue weighted by atomic mass is 16.3. The number of amides is 1. The molecule has 0 heterocycles. The van der Waals surface area contributed by atoms with Crippen molar-refractivity contribution in [2.75, 3.05) is 6.61 Å². The minimum atomic E-state index is -0.851. The molecule has 4 nitrogen and oxygen atoms in total. The molecular weight excluding hydrogens is 987 g/mol. The predicted molar refractivity (Wildman–Crippen MR) is 363 cm³/mol. The summed E-state index contributed by atoms with van der Waals surface area (Å²) in [7, 11) is 0. The normalized spacial score (nSPS) is 13.6. The average Bonchev–Trinajstić information content (AvgIpc) is 3.47. The van der Waals surface area contributed by atoms with Crippen molar-refractivity contribution in [3.63, 3.8) is 0 Å². The first-order chi connectivity index (χ1) is 40.2. The van der Waals surface area contributed by atoms with Crippen molar-refractivity contribution in [3.05, 3.63) is 134 Å². The molecule has 0 rings (SSSR count). The molecule has 0 aromatic carbocycles. The van der Waals surface area contributed by atoms with Crippen LogP contribution in [0.2, 0.25) is 0 Å². The number of aliphatic hydroxyl groups excluding tert-OH is 2. The summed E-state index contributed by atoms with van der Waals surface area (Å²) >= 11 is 0. The Morgan fingerprint density at radius 2 is 0.543 bits per heavy atom. The SMILES string of the molecule is CC/C=C\C/C=C\C/C=C\C/C=C\C/C=C\C/C=C\C/C=C\C/C=C\C/C=C\C/C=C\CCCCCCCCCCCCC(=O)NC(CO)C(O)/C=C/CCCCCCCCCCCCCCCCCCCCCCCCCCCC. The molecular formula is C77H133NO3. The summed E-state index contributed by atoms with van der Waals surface area (Å²) in [6, 6.07) is -0.635. The Labute approximate surface area is 504 Å². The first-order valence-electron chi connectivity index (χ1n) is 34.9. The molecule has 0 aromatic heterocycles. The highest BCUT2D eigenvalue weighted by Gasteiger charge is 2.18. The van der Waals surface area contributed by atoms with Crippen molar-refractivity contribution >= 4 is 5.91 Å². The van der Waals surface area contributed by atoms with Crippen LogP contribution in [0.15, 0.2) is 134 Å². The van der Waals surface area contributed by atoms with Crippen LogP contribution in [0.5, 0.6) is 0 Å². The molecule has 2 atom stereocenters. The second kappa shape index (κ2) is 70.8. The summed E-state index contributed by atoms with van der Waals surface area (Å²) in [6.07, 6.45) is 109. The lowest BCUT2D eigenvalue weighted by atomic mass is 10.0. The molecule has 0 bridgehead atoms. The summed E-state index contributed by atoms with van der Waals surface area (Å²) in [5.41, 5.74) is 0. The first kappa shape index (κ1) is 77.5. The lowest BCUT2D eigenvalue weighted by molar-refractivity contribution is -0.123. The minimum Gasteiger partial charge on any atom is -0.394 e. The topological polar surface area (TPSA) is 69.6 Å². The maximum Gasteiger partial charge on any atom is 0.220 e. The van der Waals surface area contributed by atoms with Crippen molar-refractivity contribution in [2.24, 2.45) is 0 Å². The minimum absolute atomic E-state index is 0.0700. The highest BCUT2D eigenvalue weighted by molar-refractivity contribution is 5.76. The molecule has 81 heavy (non-hydrogen) atoms. The third-order valence-corrected chi connectivity index (χ3v) is 15.4. The van der Waals surface area contributed by atoms with E-state index >= 15 is 0 Å². The molecule has 0 saturated heterocycles. The summed E-state index contributed by atoms with van der Waals surface area (Å²) in [6.45, 7) is 4.21. The number of carbonyl (C=O) groups excluding carboxylic acids is 1. The fourth-order valence-corrected chi connectivity index (χ4v) is 10.2. The molecule has 4 heteroatoms. The van der Waals surface area contributed by atoms with E-state index in [0.29, 0.717) is 6.42 Å². The van der Waals surface area contributed by atoms with Crippen molar-refractivity contribution in [1.29, 1.82) is 0 Å². The van der Waals surface area contributed by atoms with Crippen LogP contribution in [-0.2, 0) is 4.79 Å². The largest absolute Gasteiger partial charge is 0.394 e. The van der Waals surface area contributed by atoms with Crippen LogP contribution in [0.25, 0.3) is 0 Å². The summed E-state index contributed by atoms with van der Waals surface area (Å²) < 4.78 is 0. The van der Waals surface area contributed by atoms with Gasteiger partial charge in [0.15, 0.2) is 0 Å². The summed E-state index contributed by atoms with van der Waals surface area (Å²) in [5, 5.41) is 23.3. The van der Waals surface area contributed by atoms with Crippen LogP contribution in [0.4, 0.5) is 0 Å². The zero-order valence-electron chi connectivity index (χ0n) is 53.5. The van der Waals surface area contributed by atoms with Gasteiger partial charge in [0.05, 0.1) is 18.8 Å². The number of rotatable bonds is 63. The monoisotopic (exact) mass is 1120 g/mol. The molecule has 0 aliphatic carbocycles. The Bertz CT molecular complexity index is 1600. The molecule has 0 spiro atoms. The molecule has 2 unspecified atom stereocenters. The zero-order chi connectivity index (χ0) is 58.4. The standard InChI is InChI=1S/C77H133NO3/c1-3-5-7-9-11-13-15-17-19-21-23-25-27-29-31-33-34-35-36-37-38-39-40-41-42-43-44-45-47-49-51-53-55-57-59-61-63-65-67-69-71-73-77(81)78-75(74-79)76(80)72-70-68-66-64-62-60-58-56-54-52-50-48-46-32-30-28-26-24-22-20-18-16-14-12-10-8-6-4-2/h5,7,11,13,17,19,23,25,29,31,34-35,37-38,40-41,43-44,47,49,70,72,75-76,79-80H,3-4,6,8-10,12,14-16,18,20-22,24,26-28,30,32-33,36,39,42,45-46,48,50-69,71,73-74H2,1-2H3,(H,78,81)/b7-5-,13-11-,19-17-,25-23-,31-29-,35-34-,38-37-,41-40-,44-43-,49-47-,72-70+. The number of allylic oxidation sites excluding steroid dienone is 21. The Morgan fingerprint density at radius 3 is 0.815 bits per heavy atom. The average molecular weight is 1120 g/mol. The van der Waals surface area contributed by atoms with Gasteiger partial charge in [-0.25, -0.2) is 0 Å². The second-order valence-corrected chi connectivity index (χ2v) is 23.2. The van der Waals surface area contributed by atoms with Gasteiger partial charge < -0.3 is 15.5 Å². The van der Waals surface area contributed by atoms with Crippen LogP contribution in [-0.4, -0.2) is 34.9 Å². The molecule has 0 aromatic rings. The van der Waals surface area contributed by atoms with E-state index in [1.54, 1.807) is 6.08 Å². The van der Waals surface area contributed by atoms with Crippen molar-refractivity contribution in [3.8, 4) is 0 Å². The molecule has 0 fully saturated rings. The Balaban J connectivity index is 3.56. The lowest BCUT2D eigenvalue weighted by Crippen LogP contribution is -2.45. The van der Waals surface area contributed by atoms with E-state index in [9.17, 15) is 15.0 Å². The van der Waals surface area contributed by atoms with Crippen molar-refractivity contribution in [1.82, 2.24) is 5.32 Å². The Hall–Kier alpha value is -3.47. The van der Waals surface area contributed by atoms with E-state index < -0.39 is 12.1 Å². The van der Waals surface area contributed by atoms with Crippen LogP contribution in [0.1, 0.15) is 328 Å². The number of unbranched alkanes of at least 4 members (excludes halogenated alkanes) is 36. The van der Waals surface area contributed by atoms with Gasteiger partial charge in [-0.05, 0) is 96.3 Å². The smallest absolute Gasteiger partial charge is 0.220 e.